The molecule has 0 saturated heterocycles. The summed E-state index contributed by atoms with van der Waals surface area (Å²) in [5.41, 5.74) is 1.86. The van der Waals surface area contributed by atoms with Gasteiger partial charge in [-0.3, -0.25) is 4.79 Å². The summed E-state index contributed by atoms with van der Waals surface area (Å²) < 4.78 is 0. The SMILES string of the molecule is CC(=O)Nc1cccc(C(C)Nc2cccnn2)c1. The zero-order chi connectivity index (χ0) is 13.7. The summed E-state index contributed by atoms with van der Waals surface area (Å²) in [7, 11) is 0. The van der Waals surface area contributed by atoms with Crippen LogP contribution in [0.2, 0.25) is 0 Å². The van der Waals surface area contributed by atoms with E-state index < -0.39 is 0 Å². The molecule has 1 aromatic heterocycles. The maximum atomic E-state index is 11.0. The molecule has 1 heterocycles. The lowest BCUT2D eigenvalue weighted by Crippen LogP contribution is -2.10. The van der Waals surface area contributed by atoms with Crippen LogP contribution in [0, 0.1) is 0 Å². The second-order valence-corrected chi connectivity index (χ2v) is 4.28. The van der Waals surface area contributed by atoms with Gasteiger partial charge in [-0.25, -0.2) is 0 Å². The Morgan fingerprint density at radius 1 is 1.26 bits per heavy atom. The first kappa shape index (κ1) is 13.0. The van der Waals surface area contributed by atoms with E-state index in [0.29, 0.717) is 0 Å². The summed E-state index contributed by atoms with van der Waals surface area (Å²) >= 11 is 0. The molecule has 0 saturated carbocycles. The van der Waals surface area contributed by atoms with Gasteiger partial charge in [-0.15, -0.1) is 5.10 Å². The molecule has 2 aromatic rings. The number of nitrogens with zero attached hydrogens (tertiary/aromatic N) is 2. The molecule has 0 aliphatic carbocycles. The highest BCUT2D eigenvalue weighted by atomic mass is 16.1. The molecule has 1 atom stereocenters. The highest BCUT2D eigenvalue weighted by molar-refractivity contribution is 5.88. The number of rotatable bonds is 4. The first-order valence-electron chi connectivity index (χ1n) is 6.07. The summed E-state index contributed by atoms with van der Waals surface area (Å²) in [5, 5.41) is 13.8. The minimum absolute atomic E-state index is 0.0745. The van der Waals surface area contributed by atoms with E-state index >= 15 is 0 Å². The normalized spacial score (nSPS) is 11.7. The Hall–Kier alpha value is -2.43. The Balaban J connectivity index is 2.10. The Bertz CT molecular complexity index is 556. The van der Waals surface area contributed by atoms with Crippen molar-refractivity contribution in [2.24, 2.45) is 0 Å². The molecule has 0 radical (unpaired) electrons. The van der Waals surface area contributed by atoms with E-state index in [-0.39, 0.29) is 11.9 Å². The van der Waals surface area contributed by atoms with Gasteiger partial charge in [-0.1, -0.05) is 12.1 Å². The number of carbonyl (C=O) groups excluding carboxylic acids is 1. The van der Waals surface area contributed by atoms with Crippen molar-refractivity contribution in [1.82, 2.24) is 10.2 Å². The number of carbonyl (C=O) groups is 1. The van der Waals surface area contributed by atoms with Crippen molar-refractivity contribution < 1.29 is 4.79 Å². The van der Waals surface area contributed by atoms with Crippen molar-refractivity contribution in [3.05, 3.63) is 48.2 Å². The molecule has 98 valence electrons. The molecule has 0 fully saturated rings. The monoisotopic (exact) mass is 256 g/mol. The van der Waals surface area contributed by atoms with Crippen LogP contribution in [-0.2, 0) is 4.79 Å². The predicted octanol–water partition coefficient (Wildman–Crippen LogP) is 2.61. The van der Waals surface area contributed by atoms with Crippen LogP contribution in [-0.4, -0.2) is 16.1 Å². The van der Waals surface area contributed by atoms with Crippen molar-refractivity contribution in [1.29, 1.82) is 0 Å². The van der Waals surface area contributed by atoms with Crippen LogP contribution in [0.5, 0.6) is 0 Å². The standard InChI is InChI=1S/C14H16N4O/c1-10(16-14-7-4-8-15-18-14)12-5-3-6-13(9-12)17-11(2)19/h3-10H,1-2H3,(H,16,18)(H,17,19). The number of nitrogens with one attached hydrogen (secondary N) is 2. The van der Waals surface area contributed by atoms with E-state index in [0.717, 1.165) is 17.1 Å². The van der Waals surface area contributed by atoms with Crippen LogP contribution >= 0.6 is 0 Å². The third kappa shape index (κ3) is 3.77. The van der Waals surface area contributed by atoms with Crippen molar-refractivity contribution in [2.75, 3.05) is 10.6 Å². The lowest BCUT2D eigenvalue weighted by molar-refractivity contribution is -0.114. The highest BCUT2D eigenvalue weighted by Gasteiger charge is 2.07. The van der Waals surface area contributed by atoms with Crippen LogP contribution in [0.25, 0.3) is 0 Å². The third-order valence-electron chi connectivity index (χ3n) is 2.64. The fourth-order valence-electron chi connectivity index (χ4n) is 1.77. The molecule has 1 aromatic carbocycles. The van der Waals surface area contributed by atoms with Gasteiger partial charge in [0, 0.05) is 18.8 Å². The largest absolute Gasteiger partial charge is 0.362 e. The van der Waals surface area contributed by atoms with E-state index in [4.69, 9.17) is 0 Å². The minimum atomic E-state index is -0.0771. The molecular weight excluding hydrogens is 240 g/mol. The number of hydrogen-bond acceptors (Lipinski definition) is 4. The molecule has 5 nitrogen and oxygen atoms in total. The molecule has 1 unspecified atom stereocenters. The van der Waals surface area contributed by atoms with Crippen molar-refractivity contribution in [3.8, 4) is 0 Å². The zero-order valence-corrected chi connectivity index (χ0v) is 10.9. The second-order valence-electron chi connectivity index (χ2n) is 4.28. The maximum Gasteiger partial charge on any atom is 0.221 e. The van der Waals surface area contributed by atoms with Crippen LogP contribution in [0.1, 0.15) is 25.5 Å². The van der Waals surface area contributed by atoms with Gasteiger partial charge < -0.3 is 10.6 Å². The van der Waals surface area contributed by atoms with Crippen molar-refractivity contribution in [3.63, 3.8) is 0 Å². The molecule has 0 aliphatic rings. The van der Waals surface area contributed by atoms with Gasteiger partial charge in [0.1, 0.15) is 5.82 Å². The smallest absolute Gasteiger partial charge is 0.221 e. The van der Waals surface area contributed by atoms with Gasteiger partial charge in [0.2, 0.25) is 5.91 Å². The molecular formula is C14H16N4O. The molecule has 0 spiro atoms. The zero-order valence-electron chi connectivity index (χ0n) is 10.9. The van der Waals surface area contributed by atoms with E-state index in [1.807, 2.05) is 43.3 Å². The van der Waals surface area contributed by atoms with Gasteiger partial charge >= 0.3 is 0 Å². The fourth-order valence-corrected chi connectivity index (χ4v) is 1.77. The first-order valence-corrected chi connectivity index (χ1v) is 6.07. The number of hydrogen-bond donors (Lipinski definition) is 2. The van der Waals surface area contributed by atoms with Crippen LogP contribution in [0.3, 0.4) is 0 Å². The summed E-state index contributed by atoms with van der Waals surface area (Å²) in [4.78, 5) is 11.0. The minimum Gasteiger partial charge on any atom is -0.362 e. The fraction of sp³-hybridized carbons (Fsp3) is 0.214. The molecule has 2 rings (SSSR count). The van der Waals surface area contributed by atoms with E-state index in [1.54, 1.807) is 6.20 Å². The highest BCUT2D eigenvalue weighted by Crippen LogP contribution is 2.20. The predicted molar refractivity (Wildman–Crippen MR) is 74.8 cm³/mol. The number of benzene rings is 1. The molecule has 5 heteroatoms. The van der Waals surface area contributed by atoms with Crippen molar-refractivity contribution >= 4 is 17.4 Å². The Labute approximate surface area is 112 Å². The lowest BCUT2D eigenvalue weighted by Gasteiger charge is -2.15. The van der Waals surface area contributed by atoms with Gasteiger partial charge in [-0.2, -0.15) is 5.10 Å². The molecule has 0 aliphatic heterocycles. The number of aromatic nitrogens is 2. The topological polar surface area (TPSA) is 66.9 Å². The third-order valence-corrected chi connectivity index (χ3v) is 2.64. The summed E-state index contributed by atoms with van der Waals surface area (Å²) in [6.45, 7) is 3.52. The summed E-state index contributed by atoms with van der Waals surface area (Å²) in [6.07, 6.45) is 1.63. The first-order chi connectivity index (χ1) is 9.15. The average Bonchev–Trinajstić information content (AvgIpc) is 2.39. The summed E-state index contributed by atoms with van der Waals surface area (Å²) in [5.74, 6) is 0.645. The van der Waals surface area contributed by atoms with Crippen LogP contribution in [0.15, 0.2) is 42.6 Å². The molecule has 2 N–H and O–H groups in total. The van der Waals surface area contributed by atoms with Gasteiger partial charge in [-0.05, 0) is 36.8 Å². The maximum absolute atomic E-state index is 11.0. The quantitative estimate of drug-likeness (QED) is 0.882. The van der Waals surface area contributed by atoms with E-state index in [1.165, 1.54) is 6.92 Å². The Morgan fingerprint density at radius 2 is 2.11 bits per heavy atom. The average molecular weight is 256 g/mol. The van der Waals surface area contributed by atoms with Gasteiger partial charge in [0.15, 0.2) is 0 Å². The molecule has 19 heavy (non-hydrogen) atoms. The molecule has 0 bridgehead atoms. The van der Waals surface area contributed by atoms with Gasteiger partial charge in [0.25, 0.3) is 0 Å². The van der Waals surface area contributed by atoms with E-state index in [2.05, 4.69) is 20.8 Å². The Morgan fingerprint density at radius 3 is 2.79 bits per heavy atom. The second kappa shape index (κ2) is 5.95. The number of anilines is 2. The lowest BCUT2D eigenvalue weighted by atomic mass is 10.1. The summed E-state index contributed by atoms with van der Waals surface area (Å²) in [6, 6.07) is 11.5. The number of amides is 1. The van der Waals surface area contributed by atoms with Crippen molar-refractivity contribution in [2.45, 2.75) is 19.9 Å². The van der Waals surface area contributed by atoms with Crippen LogP contribution in [0.4, 0.5) is 11.5 Å². The Kier molecular flexibility index (Phi) is 4.07. The molecule has 1 amide bonds. The van der Waals surface area contributed by atoms with Crippen LogP contribution < -0.4 is 10.6 Å². The van der Waals surface area contributed by atoms with Gasteiger partial charge in [0.05, 0.1) is 6.04 Å². The van der Waals surface area contributed by atoms with E-state index in [9.17, 15) is 4.79 Å².